The minimum atomic E-state index is -0.510. The van der Waals surface area contributed by atoms with Gasteiger partial charge in [0.05, 0.1) is 0 Å². The zero-order valence-corrected chi connectivity index (χ0v) is 8.28. The van der Waals surface area contributed by atoms with E-state index in [1.54, 1.807) is 6.07 Å². The third-order valence-electron chi connectivity index (χ3n) is 2.21. The molecule has 16 heavy (non-hydrogen) atoms. The van der Waals surface area contributed by atoms with Gasteiger partial charge in [-0.2, -0.15) is 0 Å². The molecule has 0 aliphatic rings. The Bertz CT molecular complexity index is 535. The van der Waals surface area contributed by atoms with Gasteiger partial charge in [0.1, 0.15) is 17.9 Å². The van der Waals surface area contributed by atoms with Crippen LogP contribution in [0.15, 0.2) is 42.5 Å². The third-order valence-corrected chi connectivity index (χ3v) is 2.21. The zero-order valence-electron chi connectivity index (χ0n) is 8.28. The number of benzene rings is 2. The summed E-state index contributed by atoms with van der Waals surface area (Å²) in [5.41, 5.74) is 1.27. The van der Waals surface area contributed by atoms with Gasteiger partial charge < -0.3 is 0 Å². The van der Waals surface area contributed by atoms with Crippen molar-refractivity contribution in [2.75, 3.05) is 0 Å². The molecule has 0 aliphatic heterocycles. The lowest BCUT2D eigenvalue weighted by molar-refractivity contribution is 0.112. The first-order chi connectivity index (χ1) is 7.69. The van der Waals surface area contributed by atoms with Crippen molar-refractivity contribution in [3.05, 3.63) is 59.7 Å². The van der Waals surface area contributed by atoms with Gasteiger partial charge in [-0.25, -0.2) is 8.78 Å². The van der Waals surface area contributed by atoms with E-state index in [4.69, 9.17) is 0 Å². The number of hydrogen-bond acceptors (Lipinski definition) is 1. The van der Waals surface area contributed by atoms with Crippen LogP contribution in [0.1, 0.15) is 10.4 Å². The summed E-state index contributed by atoms with van der Waals surface area (Å²) < 4.78 is 26.1. The molecule has 0 N–H and O–H groups in total. The third kappa shape index (κ3) is 2.14. The van der Waals surface area contributed by atoms with Gasteiger partial charge >= 0.3 is 0 Å². The van der Waals surface area contributed by atoms with E-state index < -0.39 is 11.6 Å². The maximum atomic E-state index is 13.1. The van der Waals surface area contributed by atoms with Gasteiger partial charge in [0.2, 0.25) is 0 Å². The van der Waals surface area contributed by atoms with E-state index >= 15 is 0 Å². The van der Waals surface area contributed by atoms with Crippen molar-refractivity contribution < 1.29 is 13.6 Å². The normalized spacial score (nSPS) is 10.1. The smallest absolute Gasteiger partial charge is 0.150 e. The van der Waals surface area contributed by atoms with Crippen molar-refractivity contribution in [3.63, 3.8) is 0 Å². The molecule has 0 aliphatic carbocycles. The van der Waals surface area contributed by atoms with E-state index in [9.17, 15) is 13.6 Å². The van der Waals surface area contributed by atoms with Gasteiger partial charge in [-0.15, -0.1) is 0 Å². The number of aldehydes is 1. The molecule has 0 aromatic heterocycles. The predicted molar refractivity (Wildman–Crippen MR) is 57.2 cm³/mol. The first-order valence-electron chi connectivity index (χ1n) is 4.71. The quantitative estimate of drug-likeness (QED) is 0.705. The van der Waals surface area contributed by atoms with Crippen LogP contribution in [-0.4, -0.2) is 6.29 Å². The van der Waals surface area contributed by atoms with E-state index in [0.29, 0.717) is 17.4 Å². The molecule has 0 bridgehead atoms. The summed E-state index contributed by atoms with van der Waals surface area (Å²) in [6.07, 6.45) is 0.561. The number of halogens is 2. The van der Waals surface area contributed by atoms with Gasteiger partial charge in [0.25, 0.3) is 0 Å². The molecule has 0 atom stereocenters. The highest BCUT2D eigenvalue weighted by Gasteiger charge is 2.03. The van der Waals surface area contributed by atoms with Crippen molar-refractivity contribution in [2.45, 2.75) is 0 Å². The van der Waals surface area contributed by atoms with E-state index in [2.05, 4.69) is 0 Å². The Morgan fingerprint density at radius 1 is 0.875 bits per heavy atom. The van der Waals surface area contributed by atoms with Crippen LogP contribution < -0.4 is 0 Å². The summed E-state index contributed by atoms with van der Waals surface area (Å²) >= 11 is 0. The molecule has 0 radical (unpaired) electrons. The van der Waals surface area contributed by atoms with Gasteiger partial charge in [-0.05, 0) is 41.5 Å². The highest BCUT2D eigenvalue weighted by Crippen LogP contribution is 2.22. The minimum Gasteiger partial charge on any atom is -0.298 e. The average molecular weight is 218 g/mol. The molecule has 0 unspecified atom stereocenters. The molecular formula is C13H8F2O. The molecule has 0 fully saturated rings. The Hall–Kier alpha value is -2.03. The first kappa shape index (κ1) is 10.5. The fourth-order valence-electron chi connectivity index (χ4n) is 1.52. The van der Waals surface area contributed by atoms with E-state index in [1.807, 2.05) is 0 Å². The molecule has 80 valence electrons. The maximum Gasteiger partial charge on any atom is 0.150 e. The standard InChI is InChI=1S/C13H8F2O/c14-12-3-1-2-10(6-12)11-4-9(8-16)5-13(15)7-11/h1-8H. The van der Waals surface area contributed by atoms with Crippen LogP contribution in [-0.2, 0) is 0 Å². The van der Waals surface area contributed by atoms with Crippen molar-refractivity contribution >= 4 is 6.29 Å². The molecule has 2 aromatic carbocycles. The van der Waals surface area contributed by atoms with Crippen LogP contribution >= 0.6 is 0 Å². The fraction of sp³-hybridized carbons (Fsp3) is 0. The fourth-order valence-corrected chi connectivity index (χ4v) is 1.52. The number of rotatable bonds is 2. The number of carbonyl (C=O) groups excluding carboxylic acids is 1. The second-order valence-electron chi connectivity index (χ2n) is 3.40. The Kier molecular flexibility index (Phi) is 2.77. The minimum absolute atomic E-state index is 0.235. The van der Waals surface area contributed by atoms with Gasteiger partial charge in [-0.1, -0.05) is 12.1 Å². The molecule has 0 amide bonds. The Morgan fingerprint density at radius 3 is 2.31 bits per heavy atom. The van der Waals surface area contributed by atoms with Gasteiger partial charge in [0, 0.05) is 5.56 Å². The zero-order chi connectivity index (χ0) is 11.5. The number of hydrogen-bond donors (Lipinski definition) is 0. The Labute approximate surface area is 91.3 Å². The van der Waals surface area contributed by atoms with Crippen LogP contribution in [0.25, 0.3) is 11.1 Å². The first-order valence-corrected chi connectivity index (χ1v) is 4.71. The Balaban J connectivity index is 2.55. The lowest BCUT2D eigenvalue weighted by Gasteiger charge is -2.03. The highest BCUT2D eigenvalue weighted by atomic mass is 19.1. The van der Waals surface area contributed by atoms with Gasteiger partial charge in [0.15, 0.2) is 0 Å². The molecule has 0 saturated heterocycles. The Morgan fingerprint density at radius 2 is 1.62 bits per heavy atom. The van der Waals surface area contributed by atoms with E-state index in [0.717, 1.165) is 6.07 Å². The highest BCUT2D eigenvalue weighted by molar-refractivity contribution is 5.79. The monoisotopic (exact) mass is 218 g/mol. The van der Waals surface area contributed by atoms with E-state index in [1.165, 1.54) is 30.3 Å². The summed E-state index contributed by atoms with van der Waals surface area (Å²) in [4.78, 5) is 10.6. The summed E-state index contributed by atoms with van der Waals surface area (Å²) in [6.45, 7) is 0. The SMILES string of the molecule is O=Cc1cc(F)cc(-c2cccc(F)c2)c1. The molecule has 0 saturated carbocycles. The molecule has 0 spiro atoms. The predicted octanol–water partition coefficient (Wildman–Crippen LogP) is 3.44. The topological polar surface area (TPSA) is 17.1 Å². The van der Waals surface area contributed by atoms with Crippen LogP contribution in [0.2, 0.25) is 0 Å². The average Bonchev–Trinajstić information content (AvgIpc) is 2.28. The van der Waals surface area contributed by atoms with Crippen LogP contribution in [0, 0.1) is 11.6 Å². The number of carbonyl (C=O) groups is 1. The molecule has 2 rings (SSSR count). The summed E-state index contributed by atoms with van der Waals surface area (Å²) in [5, 5.41) is 0. The van der Waals surface area contributed by atoms with Gasteiger partial charge in [-0.3, -0.25) is 4.79 Å². The van der Waals surface area contributed by atoms with Crippen LogP contribution in [0.3, 0.4) is 0 Å². The summed E-state index contributed by atoms with van der Waals surface area (Å²) in [5.74, 6) is -0.904. The molecule has 2 aromatic rings. The lowest BCUT2D eigenvalue weighted by atomic mass is 10.0. The molecule has 0 heterocycles. The second-order valence-corrected chi connectivity index (χ2v) is 3.40. The van der Waals surface area contributed by atoms with Crippen molar-refractivity contribution in [1.29, 1.82) is 0 Å². The van der Waals surface area contributed by atoms with Crippen molar-refractivity contribution in [1.82, 2.24) is 0 Å². The van der Waals surface area contributed by atoms with Crippen molar-refractivity contribution in [2.24, 2.45) is 0 Å². The van der Waals surface area contributed by atoms with Crippen LogP contribution in [0.5, 0.6) is 0 Å². The molecule has 3 heteroatoms. The van der Waals surface area contributed by atoms with Crippen LogP contribution in [0.4, 0.5) is 8.78 Å². The molecular weight excluding hydrogens is 210 g/mol. The lowest BCUT2D eigenvalue weighted by Crippen LogP contribution is -1.87. The van der Waals surface area contributed by atoms with E-state index in [-0.39, 0.29) is 5.56 Å². The summed E-state index contributed by atoms with van der Waals surface area (Å²) in [6, 6.07) is 9.72. The molecule has 1 nitrogen and oxygen atoms in total. The summed E-state index contributed by atoms with van der Waals surface area (Å²) in [7, 11) is 0. The largest absolute Gasteiger partial charge is 0.298 e. The second kappa shape index (κ2) is 4.23. The van der Waals surface area contributed by atoms with Crippen molar-refractivity contribution in [3.8, 4) is 11.1 Å². The maximum absolute atomic E-state index is 13.1.